The molecule has 0 saturated heterocycles. The van der Waals surface area contributed by atoms with Crippen LogP contribution in [0.15, 0.2) is 42.5 Å². The molecule has 4 N–H and O–H groups in total. The maximum absolute atomic E-state index is 12.1. The predicted octanol–water partition coefficient (Wildman–Crippen LogP) is 4.21. The lowest BCUT2D eigenvalue weighted by atomic mass is 10.1. The van der Waals surface area contributed by atoms with E-state index in [4.69, 9.17) is 5.73 Å². The number of hydrogen-bond donors (Lipinski definition) is 3. The van der Waals surface area contributed by atoms with Crippen LogP contribution in [0.3, 0.4) is 0 Å². The second kappa shape index (κ2) is 8.33. The zero-order chi connectivity index (χ0) is 18.4. The molecule has 0 aliphatic rings. The molecule has 2 rings (SSSR count). The fourth-order valence-electron chi connectivity index (χ4n) is 2.35. The summed E-state index contributed by atoms with van der Waals surface area (Å²) in [5, 5.41) is 6.23. The summed E-state index contributed by atoms with van der Waals surface area (Å²) in [4.78, 5) is 23.2. The lowest BCUT2D eigenvalue weighted by molar-refractivity contribution is -0.116. The van der Waals surface area contributed by atoms with Crippen molar-refractivity contribution in [3.63, 3.8) is 0 Å². The van der Waals surface area contributed by atoms with Crippen molar-refractivity contribution in [1.29, 1.82) is 0 Å². The first-order chi connectivity index (χ1) is 11.8. The highest BCUT2D eigenvalue weighted by atomic mass is 16.1. The maximum atomic E-state index is 12.1. The van der Waals surface area contributed by atoms with E-state index in [2.05, 4.69) is 24.5 Å². The summed E-state index contributed by atoms with van der Waals surface area (Å²) >= 11 is 0. The Morgan fingerprint density at radius 3 is 2.28 bits per heavy atom. The first kappa shape index (κ1) is 18.5. The van der Waals surface area contributed by atoms with E-state index in [0.29, 0.717) is 17.9 Å². The van der Waals surface area contributed by atoms with Crippen molar-refractivity contribution in [3.8, 4) is 0 Å². The number of benzene rings is 2. The van der Waals surface area contributed by atoms with E-state index in [1.54, 1.807) is 24.3 Å². The van der Waals surface area contributed by atoms with Crippen molar-refractivity contribution in [2.45, 2.75) is 33.6 Å². The monoisotopic (exact) mass is 339 g/mol. The van der Waals surface area contributed by atoms with Crippen LogP contribution in [0, 0.1) is 12.8 Å². The minimum absolute atomic E-state index is 0.0276. The Labute approximate surface area is 148 Å². The smallest absolute Gasteiger partial charge is 0.248 e. The second-order valence-corrected chi connectivity index (χ2v) is 6.58. The third kappa shape index (κ3) is 5.64. The molecule has 132 valence electrons. The molecular formula is C20H25N3O2. The normalized spacial score (nSPS) is 10.6. The van der Waals surface area contributed by atoms with Gasteiger partial charge in [0.25, 0.3) is 0 Å². The van der Waals surface area contributed by atoms with E-state index in [1.807, 2.05) is 25.1 Å². The first-order valence-electron chi connectivity index (χ1n) is 8.42. The molecule has 25 heavy (non-hydrogen) atoms. The van der Waals surface area contributed by atoms with Crippen LogP contribution >= 0.6 is 0 Å². The number of aryl methyl sites for hydroxylation is 1. The zero-order valence-corrected chi connectivity index (χ0v) is 14.9. The summed E-state index contributed by atoms with van der Waals surface area (Å²) in [5.74, 6) is 0.0799. The largest absolute Gasteiger partial charge is 0.366 e. The number of primary amides is 1. The molecular weight excluding hydrogens is 314 g/mol. The highest BCUT2D eigenvalue weighted by Crippen LogP contribution is 2.24. The van der Waals surface area contributed by atoms with Crippen molar-refractivity contribution in [3.05, 3.63) is 53.6 Å². The number of carbonyl (C=O) groups excluding carboxylic acids is 2. The summed E-state index contributed by atoms with van der Waals surface area (Å²) < 4.78 is 0. The van der Waals surface area contributed by atoms with E-state index >= 15 is 0 Å². The number of amides is 2. The van der Waals surface area contributed by atoms with Gasteiger partial charge in [-0.2, -0.15) is 0 Å². The Morgan fingerprint density at radius 2 is 1.68 bits per heavy atom. The van der Waals surface area contributed by atoms with Gasteiger partial charge in [0.1, 0.15) is 0 Å². The summed E-state index contributed by atoms with van der Waals surface area (Å²) in [7, 11) is 0. The summed E-state index contributed by atoms with van der Waals surface area (Å²) in [6, 6.07) is 12.7. The molecule has 0 fully saturated rings. The summed E-state index contributed by atoms with van der Waals surface area (Å²) in [5.41, 5.74) is 9.21. The number of carbonyl (C=O) groups is 2. The highest BCUT2D eigenvalue weighted by Gasteiger charge is 2.07. The number of hydrogen-bond acceptors (Lipinski definition) is 3. The molecule has 0 aliphatic carbocycles. The van der Waals surface area contributed by atoms with Gasteiger partial charge >= 0.3 is 0 Å². The van der Waals surface area contributed by atoms with E-state index in [0.717, 1.165) is 29.0 Å². The van der Waals surface area contributed by atoms with Gasteiger partial charge < -0.3 is 16.4 Å². The molecule has 0 unspecified atom stereocenters. The first-order valence-corrected chi connectivity index (χ1v) is 8.42. The Kier molecular flexibility index (Phi) is 6.17. The maximum Gasteiger partial charge on any atom is 0.248 e. The quantitative estimate of drug-likeness (QED) is 0.706. The van der Waals surface area contributed by atoms with Crippen LogP contribution in [0.4, 0.5) is 17.1 Å². The fraction of sp³-hybridized carbons (Fsp3) is 0.300. The fourth-order valence-corrected chi connectivity index (χ4v) is 2.35. The Hall–Kier alpha value is -2.82. The highest BCUT2D eigenvalue weighted by molar-refractivity contribution is 5.93. The number of nitrogens with two attached hydrogens (primary N) is 1. The minimum Gasteiger partial charge on any atom is -0.366 e. The van der Waals surface area contributed by atoms with Crippen LogP contribution in [0.1, 0.15) is 42.6 Å². The Morgan fingerprint density at radius 1 is 1.04 bits per heavy atom. The SMILES string of the molecule is Cc1ccc(Nc2ccc(C(N)=O)cc2)cc1NC(=O)CCC(C)C. The minimum atomic E-state index is -0.451. The van der Waals surface area contributed by atoms with Crippen LogP contribution in [-0.2, 0) is 4.79 Å². The molecule has 5 heteroatoms. The number of rotatable bonds is 7. The van der Waals surface area contributed by atoms with Gasteiger partial charge in [-0.05, 0) is 61.2 Å². The summed E-state index contributed by atoms with van der Waals surface area (Å²) in [6.07, 6.45) is 1.39. The molecule has 0 aromatic heterocycles. The van der Waals surface area contributed by atoms with Crippen LogP contribution in [0.25, 0.3) is 0 Å². The average molecular weight is 339 g/mol. The van der Waals surface area contributed by atoms with Crippen LogP contribution < -0.4 is 16.4 Å². The van der Waals surface area contributed by atoms with Gasteiger partial charge in [-0.25, -0.2) is 0 Å². The second-order valence-electron chi connectivity index (χ2n) is 6.58. The van der Waals surface area contributed by atoms with E-state index < -0.39 is 5.91 Å². The molecule has 0 spiro atoms. The molecule has 2 aromatic carbocycles. The third-order valence-electron chi connectivity index (χ3n) is 3.92. The third-order valence-corrected chi connectivity index (χ3v) is 3.92. The van der Waals surface area contributed by atoms with E-state index in [1.165, 1.54) is 0 Å². The Bertz CT molecular complexity index is 752. The average Bonchev–Trinajstić information content (AvgIpc) is 2.56. The molecule has 0 aliphatic heterocycles. The molecule has 0 saturated carbocycles. The topological polar surface area (TPSA) is 84.2 Å². The molecule has 2 amide bonds. The van der Waals surface area contributed by atoms with Gasteiger partial charge in [-0.1, -0.05) is 19.9 Å². The number of anilines is 3. The van der Waals surface area contributed by atoms with Crippen LogP contribution in [0.5, 0.6) is 0 Å². The van der Waals surface area contributed by atoms with Crippen molar-refractivity contribution < 1.29 is 9.59 Å². The van der Waals surface area contributed by atoms with Crippen molar-refractivity contribution in [2.75, 3.05) is 10.6 Å². The standard InChI is InChI=1S/C20H25N3O2/c1-13(2)4-11-19(24)23-18-12-17(8-5-14(18)3)22-16-9-6-15(7-10-16)20(21)25/h5-10,12-13,22H,4,11H2,1-3H3,(H2,21,25)(H,23,24). The van der Waals surface area contributed by atoms with Gasteiger partial charge in [-0.3, -0.25) is 9.59 Å². The van der Waals surface area contributed by atoms with Crippen molar-refractivity contribution >= 4 is 28.9 Å². The number of nitrogens with one attached hydrogen (secondary N) is 2. The lowest BCUT2D eigenvalue weighted by Crippen LogP contribution is -2.13. The van der Waals surface area contributed by atoms with Crippen LogP contribution in [0.2, 0.25) is 0 Å². The molecule has 0 radical (unpaired) electrons. The van der Waals surface area contributed by atoms with Crippen LogP contribution in [-0.4, -0.2) is 11.8 Å². The van der Waals surface area contributed by atoms with Crippen molar-refractivity contribution in [2.24, 2.45) is 11.7 Å². The lowest BCUT2D eigenvalue weighted by Gasteiger charge is -2.13. The summed E-state index contributed by atoms with van der Waals surface area (Å²) in [6.45, 7) is 6.17. The Balaban J connectivity index is 2.07. The van der Waals surface area contributed by atoms with Gasteiger partial charge in [-0.15, -0.1) is 0 Å². The zero-order valence-electron chi connectivity index (χ0n) is 14.9. The van der Waals surface area contributed by atoms with E-state index in [9.17, 15) is 9.59 Å². The predicted molar refractivity (Wildman–Crippen MR) is 102 cm³/mol. The molecule has 5 nitrogen and oxygen atoms in total. The van der Waals surface area contributed by atoms with E-state index in [-0.39, 0.29) is 5.91 Å². The molecule has 2 aromatic rings. The van der Waals surface area contributed by atoms with Gasteiger partial charge in [0.05, 0.1) is 0 Å². The van der Waals surface area contributed by atoms with Gasteiger partial charge in [0.15, 0.2) is 0 Å². The molecule has 0 atom stereocenters. The van der Waals surface area contributed by atoms with Gasteiger partial charge in [0.2, 0.25) is 11.8 Å². The van der Waals surface area contributed by atoms with Crippen molar-refractivity contribution in [1.82, 2.24) is 0 Å². The van der Waals surface area contributed by atoms with Gasteiger partial charge in [0, 0.05) is 29.0 Å². The molecule has 0 bridgehead atoms. The molecule has 0 heterocycles.